The van der Waals surface area contributed by atoms with Crippen LogP contribution < -0.4 is 9.47 Å². The number of benzene rings is 2. The molecule has 1 aliphatic rings. The Morgan fingerprint density at radius 3 is 2.50 bits per heavy atom. The molecule has 2 heterocycles. The van der Waals surface area contributed by atoms with Crippen LogP contribution in [0.2, 0.25) is 0 Å². The molecule has 7 nitrogen and oxygen atoms in total. The Labute approximate surface area is 198 Å². The van der Waals surface area contributed by atoms with Crippen molar-refractivity contribution in [1.82, 2.24) is 9.88 Å². The van der Waals surface area contributed by atoms with Gasteiger partial charge >= 0.3 is 0 Å². The van der Waals surface area contributed by atoms with Crippen molar-refractivity contribution in [3.05, 3.63) is 94.8 Å². The molecule has 1 aromatic heterocycles. The fourth-order valence-corrected chi connectivity index (χ4v) is 4.12. The van der Waals surface area contributed by atoms with Gasteiger partial charge in [-0.2, -0.15) is 0 Å². The van der Waals surface area contributed by atoms with E-state index in [0.29, 0.717) is 29.2 Å². The number of aromatic nitrogens is 1. The Bertz CT molecular complexity index is 1240. The first kappa shape index (κ1) is 23.0. The van der Waals surface area contributed by atoms with E-state index >= 15 is 0 Å². The Balaban J connectivity index is 1.80. The van der Waals surface area contributed by atoms with Crippen LogP contribution in [0.3, 0.4) is 0 Å². The van der Waals surface area contributed by atoms with E-state index in [1.54, 1.807) is 62.0 Å². The number of amides is 1. The molecule has 1 unspecified atom stereocenters. The zero-order valence-corrected chi connectivity index (χ0v) is 19.3. The maximum atomic E-state index is 13.2. The number of carbonyl (C=O) groups is 2. The van der Waals surface area contributed by atoms with Gasteiger partial charge in [0.05, 0.1) is 25.3 Å². The fourth-order valence-electron chi connectivity index (χ4n) is 4.12. The van der Waals surface area contributed by atoms with Gasteiger partial charge in [0.25, 0.3) is 11.7 Å². The van der Waals surface area contributed by atoms with Crippen LogP contribution in [0.25, 0.3) is 5.76 Å². The van der Waals surface area contributed by atoms with E-state index in [-0.39, 0.29) is 17.9 Å². The zero-order valence-electron chi connectivity index (χ0n) is 19.3. The number of rotatable bonds is 7. The number of nitrogens with zero attached hydrogens (tertiary/aromatic N) is 2. The van der Waals surface area contributed by atoms with Gasteiger partial charge < -0.3 is 19.5 Å². The average molecular weight is 459 g/mol. The number of methoxy groups -OCH3 is 1. The van der Waals surface area contributed by atoms with E-state index in [1.807, 2.05) is 26.0 Å². The number of ether oxygens (including phenoxy) is 2. The number of likely N-dealkylation sites (tertiary alicyclic amines) is 1. The third kappa shape index (κ3) is 4.37. The quantitative estimate of drug-likeness (QED) is 0.320. The van der Waals surface area contributed by atoms with Gasteiger partial charge in [0.2, 0.25) is 0 Å². The highest BCUT2D eigenvalue weighted by atomic mass is 16.5. The summed E-state index contributed by atoms with van der Waals surface area (Å²) in [5.74, 6) is -0.237. The molecule has 174 valence electrons. The Hall–Kier alpha value is -4.13. The minimum atomic E-state index is -0.775. The topological polar surface area (TPSA) is 89.0 Å². The van der Waals surface area contributed by atoms with Crippen LogP contribution in [-0.2, 0) is 16.1 Å². The molecule has 3 aromatic rings. The summed E-state index contributed by atoms with van der Waals surface area (Å²) in [6.07, 6.45) is 3.23. The highest BCUT2D eigenvalue weighted by molar-refractivity contribution is 6.46. The van der Waals surface area contributed by atoms with E-state index in [2.05, 4.69) is 4.98 Å². The zero-order chi connectivity index (χ0) is 24.2. The molecule has 1 N–H and O–H groups in total. The van der Waals surface area contributed by atoms with Gasteiger partial charge in [-0.25, -0.2) is 0 Å². The standard InChI is InChI=1S/C27H26N2O5/c1-4-34-22-12-9-19(14-17(22)2)25(30)23-24(20-6-5-13-28-15-20)29(27(32)26(23)31)16-18-7-10-21(33-3)11-8-18/h5-15,24,30H,4,16H2,1-3H3/b25-23-. The first-order chi connectivity index (χ1) is 16.4. The molecule has 34 heavy (non-hydrogen) atoms. The van der Waals surface area contributed by atoms with Gasteiger partial charge in [-0.3, -0.25) is 14.6 Å². The first-order valence-corrected chi connectivity index (χ1v) is 11.0. The number of ketones is 1. The van der Waals surface area contributed by atoms with E-state index < -0.39 is 17.7 Å². The Kier molecular flexibility index (Phi) is 6.63. The number of Topliss-reactive ketones (excluding diaryl/α,β-unsaturated/α-hetero) is 1. The number of aliphatic hydroxyl groups is 1. The summed E-state index contributed by atoms with van der Waals surface area (Å²) in [7, 11) is 1.58. The monoisotopic (exact) mass is 458 g/mol. The van der Waals surface area contributed by atoms with Crippen molar-refractivity contribution >= 4 is 17.4 Å². The van der Waals surface area contributed by atoms with Gasteiger partial charge in [0.15, 0.2) is 0 Å². The normalized spacial score (nSPS) is 17.1. The van der Waals surface area contributed by atoms with Crippen molar-refractivity contribution in [2.45, 2.75) is 26.4 Å². The predicted molar refractivity (Wildman–Crippen MR) is 127 cm³/mol. The number of aryl methyl sites for hydroxylation is 1. The SMILES string of the molecule is CCOc1ccc(/C(O)=C2/C(=O)C(=O)N(Cc3ccc(OC)cc3)C2c2cccnc2)cc1C. The summed E-state index contributed by atoms with van der Waals surface area (Å²) in [5, 5.41) is 11.2. The van der Waals surface area contributed by atoms with E-state index in [9.17, 15) is 14.7 Å². The third-order valence-corrected chi connectivity index (χ3v) is 5.80. The summed E-state index contributed by atoms with van der Waals surface area (Å²) >= 11 is 0. The molecule has 2 aromatic carbocycles. The molecule has 4 rings (SSSR count). The highest BCUT2D eigenvalue weighted by Crippen LogP contribution is 2.40. The van der Waals surface area contributed by atoms with Crippen LogP contribution >= 0.6 is 0 Å². The van der Waals surface area contributed by atoms with Gasteiger partial charge in [-0.1, -0.05) is 18.2 Å². The van der Waals surface area contributed by atoms with Gasteiger partial charge in [0.1, 0.15) is 17.3 Å². The molecule has 0 saturated carbocycles. The minimum absolute atomic E-state index is 0.0371. The van der Waals surface area contributed by atoms with Crippen molar-refractivity contribution in [2.75, 3.05) is 13.7 Å². The number of hydrogen-bond acceptors (Lipinski definition) is 6. The number of aliphatic hydroxyl groups excluding tert-OH is 1. The number of hydrogen-bond donors (Lipinski definition) is 1. The Morgan fingerprint density at radius 2 is 1.88 bits per heavy atom. The van der Waals surface area contributed by atoms with E-state index in [4.69, 9.17) is 9.47 Å². The van der Waals surface area contributed by atoms with Crippen molar-refractivity contribution in [3.8, 4) is 11.5 Å². The molecule has 0 aliphatic carbocycles. The summed E-state index contributed by atoms with van der Waals surface area (Å²) in [6.45, 7) is 4.46. The molecule has 0 radical (unpaired) electrons. The molecule has 1 saturated heterocycles. The summed E-state index contributed by atoms with van der Waals surface area (Å²) < 4.78 is 10.8. The first-order valence-electron chi connectivity index (χ1n) is 11.0. The molecule has 1 amide bonds. The van der Waals surface area contributed by atoms with Crippen LogP contribution in [0.5, 0.6) is 11.5 Å². The van der Waals surface area contributed by atoms with Crippen molar-refractivity contribution < 1.29 is 24.2 Å². The summed E-state index contributed by atoms with van der Waals surface area (Å²) in [6, 6.07) is 15.2. The average Bonchev–Trinajstić information content (AvgIpc) is 3.11. The number of pyridine rings is 1. The highest BCUT2D eigenvalue weighted by Gasteiger charge is 2.46. The smallest absolute Gasteiger partial charge is 0.295 e. The van der Waals surface area contributed by atoms with Crippen LogP contribution in [0.15, 0.2) is 72.6 Å². The molecular weight excluding hydrogens is 432 g/mol. The molecule has 1 fully saturated rings. The molecule has 1 atom stereocenters. The van der Waals surface area contributed by atoms with Gasteiger partial charge in [0, 0.05) is 24.5 Å². The van der Waals surface area contributed by atoms with E-state index in [1.165, 1.54) is 4.90 Å². The predicted octanol–water partition coefficient (Wildman–Crippen LogP) is 4.42. The lowest BCUT2D eigenvalue weighted by Gasteiger charge is -2.25. The second-order valence-corrected chi connectivity index (χ2v) is 7.97. The van der Waals surface area contributed by atoms with Gasteiger partial charge in [-0.05, 0) is 66.9 Å². The van der Waals surface area contributed by atoms with Gasteiger partial charge in [-0.15, -0.1) is 0 Å². The fraction of sp³-hybridized carbons (Fsp3) is 0.222. The summed E-state index contributed by atoms with van der Waals surface area (Å²) in [5.41, 5.74) is 2.76. The van der Waals surface area contributed by atoms with Crippen LogP contribution in [0.1, 0.15) is 35.2 Å². The third-order valence-electron chi connectivity index (χ3n) is 5.80. The lowest BCUT2D eigenvalue weighted by molar-refractivity contribution is -0.140. The van der Waals surface area contributed by atoms with Crippen molar-refractivity contribution in [3.63, 3.8) is 0 Å². The lowest BCUT2D eigenvalue weighted by Crippen LogP contribution is -2.29. The maximum Gasteiger partial charge on any atom is 0.295 e. The van der Waals surface area contributed by atoms with E-state index in [0.717, 1.165) is 11.1 Å². The van der Waals surface area contributed by atoms with Crippen molar-refractivity contribution in [1.29, 1.82) is 0 Å². The lowest BCUT2D eigenvalue weighted by atomic mass is 9.95. The Morgan fingerprint density at radius 1 is 1.12 bits per heavy atom. The second-order valence-electron chi connectivity index (χ2n) is 7.97. The molecule has 7 heteroatoms. The second kappa shape index (κ2) is 9.79. The van der Waals surface area contributed by atoms with Crippen LogP contribution in [0.4, 0.5) is 0 Å². The molecule has 0 bridgehead atoms. The summed E-state index contributed by atoms with van der Waals surface area (Å²) in [4.78, 5) is 32.0. The largest absolute Gasteiger partial charge is 0.507 e. The maximum absolute atomic E-state index is 13.2. The van der Waals surface area contributed by atoms with Crippen molar-refractivity contribution in [2.24, 2.45) is 0 Å². The minimum Gasteiger partial charge on any atom is -0.507 e. The van der Waals surface area contributed by atoms with Crippen LogP contribution in [0, 0.1) is 6.92 Å². The molecule has 1 aliphatic heterocycles. The molecule has 0 spiro atoms. The number of carbonyl (C=O) groups excluding carboxylic acids is 2. The molecular formula is C27H26N2O5. The van der Waals surface area contributed by atoms with Crippen LogP contribution in [-0.4, -0.2) is 40.4 Å².